The Balaban J connectivity index is -0.000000141. The lowest BCUT2D eigenvalue weighted by Crippen LogP contribution is -2.31. The van der Waals surface area contributed by atoms with Crippen LogP contribution in [0.25, 0.3) is 0 Å². The number of quaternary nitrogens is 3. The van der Waals surface area contributed by atoms with Crippen molar-refractivity contribution in [2.24, 2.45) is 0 Å². The summed E-state index contributed by atoms with van der Waals surface area (Å²) in [7, 11) is -5.17. The molecule has 1 aliphatic heterocycles. The van der Waals surface area contributed by atoms with Crippen molar-refractivity contribution in [3.63, 3.8) is 0 Å². The number of cyclic esters (lactones) is 1. The number of aliphatic hydroxyl groups excluding tert-OH is 3. The minimum absolute atomic E-state index is 0. The van der Waals surface area contributed by atoms with Gasteiger partial charge in [0.1, 0.15) is 11.9 Å². The van der Waals surface area contributed by atoms with Crippen LogP contribution in [0.1, 0.15) is 0 Å². The Morgan fingerprint density at radius 1 is 1.25 bits per heavy atom. The number of ether oxygens (including phenoxy) is 1. The molecule has 0 bridgehead atoms. The first-order valence-corrected chi connectivity index (χ1v) is 5.18. The molecule has 0 saturated carbocycles. The average molecular weight is 325 g/mol. The molecule has 0 aromatic heterocycles. The van der Waals surface area contributed by atoms with Crippen LogP contribution in [0.3, 0.4) is 0 Å². The monoisotopic (exact) mass is 325 g/mol. The van der Waals surface area contributed by atoms with Crippen LogP contribution >= 0.6 is 0 Å². The van der Waals surface area contributed by atoms with E-state index in [0.29, 0.717) is 0 Å². The number of carbonyl (C=O) groups excluding carboxylic acids is 1. The SMILES string of the molecule is O=C1O[C@H]([C@@H](O)CO)C(O)=C1[O-].O=S(=O)([O-])[O-].[NH4+].[NH4+].[NH4+]. The largest absolute Gasteiger partial charge is 0.865 e. The van der Waals surface area contributed by atoms with E-state index in [4.69, 9.17) is 32.8 Å². The molecule has 0 aromatic carbocycles. The highest BCUT2D eigenvalue weighted by molar-refractivity contribution is 7.79. The molecule has 0 aromatic rings. The first kappa shape index (κ1) is 26.9. The molecule has 14 heteroatoms. The second-order valence-corrected chi connectivity index (χ2v) is 3.51. The molecule has 0 fully saturated rings. The Kier molecular flexibility index (Phi) is 13.9. The Morgan fingerprint density at radius 3 is 1.80 bits per heavy atom. The van der Waals surface area contributed by atoms with Gasteiger partial charge in [0, 0.05) is 16.2 Å². The highest BCUT2D eigenvalue weighted by Gasteiger charge is 2.34. The van der Waals surface area contributed by atoms with E-state index in [-0.39, 0.29) is 18.5 Å². The molecule has 13 nitrogen and oxygen atoms in total. The second-order valence-electron chi connectivity index (χ2n) is 2.70. The summed E-state index contributed by atoms with van der Waals surface area (Å²) in [6.07, 6.45) is -2.88. The lowest BCUT2D eigenvalue weighted by Gasteiger charge is -2.14. The summed E-state index contributed by atoms with van der Waals surface area (Å²) in [5.41, 5.74) is 0. The predicted octanol–water partition coefficient (Wildman–Crippen LogP) is -2.81. The molecule has 0 saturated heterocycles. The summed E-state index contributed by atoms with van der Waals surface area (Å²) in [5.74, 6) is -3.25. The van der Waals surface area contributed by atoms with Crippen molar-refractivity contribution in [1.82, 2.24) is 18.5 Å². The Bertz CT molecular complexity index is 413. The Labute approximate surface area is 113 Å². The van der Waals surface area contributed by atoms with E-state index in [0.717, 1.165) is 0 Å². The first-order valence-electron chi connectivity index (χ1n) is 3.84. The second kappa shape index (κ2) is 10.3. The van der Waals surface area contributed by atoms with Gasteiger partial charge in [-0.05, 0) is 0 Å². The van der Waals surface area contributed by atoms with Crippen molar-refractivity contribution in [1.29, 1.82) is 0 Å². The van der Waals surface area contributed by atoms with E-state index < -0.39 is 46.7 Å². The van der Waals surface area contributed by atoms with Gasteiger partial charge in [0.25, 0.3) is 0 Å². The molecule has 0 aliphatic carbocycles. The molecule has 0 amide bonds. The standard InChI is InChI=1S/C6H8O6.3H3N.H2O4S/c7-1-2(8)5-3(9)4(10)6(11)12-5;;;;1-5(2,3)4/h2,5,7-10H,1H2;3*1H3;(H2,1,2,3,4)/t2-,5+;;;;/m0..../s1. The molecule has 1 aliphatic rings. The fourth-order valence-electron chi connectivity index (χ4n) is 0.815. The number of hydrogen-bond acceptors (Lipinski definition) is 10. The predicted molar refractivity (Wildman–Crippen MR) is 61.1 cm³/mol. The van der Waals surface area contributed by atoms with Crippen LogP contribution in [-0.2, 0) is 19.9 Å². The molecule has 2 atom stereocenters. The third-order valence-corrected chi connectivity index (χ3v) is 1.46. The lowest BCUT2D eigenvalue weighted by atomic mass is 10.2. The normalized spacial score (nSPS) is 18.4. The van der Waals surface area contributed by atoms with Gasteiger partial charge in [-0.15, -0.1) is 0 Å². The van der Waals surface area contributed by atoms with E-state index in [1.165, 1.54) is 0 Å². The van der Waals surface area contributed by atoms with Crippen LogP contribution in [0.15, 0.2) is 11.5 Å². The van der Waals surface area contributed by atoms with Crippen molar-refractivity contribution in [3.05, 3.63) is 11.5 Å². The lowest BCUT2D eigenvalue weighted by molar-refractivity contribution is -0.303. The van der Waals surface area contributed by atoms with Crippen LogP contribution in [0, 0.1) is 0 Å². The summed E-state index contributed by atoms with van der Waals surface area (Å²) in [6, 6.07) is 0. The zero-order valence-corrected chi connectivity index (χ0v) is 11.8. The van der Waals surface area contributed by atoms with Crippen molar-refractivity contribution < 1.29 is 47.5 Å². The molecule has 15 N–H and O–H groups in total. The van der Waals surface area contributed by atoms with Crippen LogP contribution < -0.4 is 23.6 Å². The van der Waals surface area contributed by atoms with Crippen molar-refractivity contribution in [2.75, 3.05) is 6.61 Å². The van der Waals surface area contributed by atoms with E-state index in [2.05, 4.69) is 4.74 Å². The minimum atomic E-state index is -5.17. The van der Waals surface area contributed by atoms with Crippen molar-refractivity contribution in [3.8, 4) is 0 Å². The first-order chi connectivity index (χ1) is 7.57. The molecule has 0 radical (unpaired) electrons. The smallest absolute Gasteiger partial charge is 0.327 e. The maximum atomic E-state index is 10.6. The molecule has 1 rings (SSSR count). The van der Waals surface area contributed by atoms with E-state index in [9.17, 15) is 9.90 Å². The van der Waals surface area contributed by atoms with Gasteiger partial charge in [-0.1, -0.05) is 0 Å². The van der Waals surface area contributed by atoms with Crippen LogP contribution in [0.5, 0.6) is 0 Å². The maximum absolute atomic E-state index is 10.6. The molecule has 1 heterocycles. The number of rotatable bonds is 2. The summed E-state index contributed by atoms with van der Waals surface area (Å²) in [4.78, 5) is 10.5. The van der Waals surface area contributed by atoms with Gasteiger partial charge in [0.15, 0.2) is 6.10 Å². The highest BCUT2D eigenvalue weighted by atomic mass is 32.3. The van der Waals surface area contributed by atoms with Gasteiger partial charge in [-0.3, -0.25) is 8.42 Å². The van der Waals surface area contributed by atoms with Crippen LogP contribution in [-0.4, -0.2) is 57.6 Å². The van der Waals surface area contributed by atoms with E-state index >= 15 is 0 Å². The molecular formula is C6H19N3O10S. The maximum Gasteiger partial charge on any atom is 0.327 e. The van der Waals surface area contributed by atoms with Crippen LogP contribution in [0.4, 0.5) is 0 Å². The Morgan fingerprint density at radius 2 is 1.60 bits per heavy atom. The summed E-state index contributed by atoms with van der Waals surface area (Å²) in [5, 5.41) is 36.8. The fourth-order valence-corrected chi connectivity index (χ4v) is 0.815. The van der Waals surface area contributed by atoms with Gasteiger partial charge in [0.2, 0.25) is 0 Å². The number of esters is 1. The number of hydrogen-bond donors (Lipinski definition) is 6. The Hall–Kier alpha value is -1.52. The van der Waals surface area contributed by atoms with Gasteiger partial charge in [0.05, 0.1) is 6.61 Å². The zero-order valence-electron chi connectivity index (χ0n) is 11.0. The van der Waals surface area contributed by atoms with Gasteiger partial charge in [-0.25, -0.2) is 4.79 Å². The molecule has 0 unspecified atom stereocenters. The average Bonchev–Trinajstić information content (AvgIpc) is 2.42. The highest BCUT2D eigenvalue weighted by Crippen LogP contribution is 2.19. The number of aliphatic hydroxyl groups is 3. The van der Waals surface area contributed by atoms with E-state index in [1.807, 2.05) is 0 Å². The zero-order chi connectivity index (χ0) is 13.8. The molecular weight excluding hydrogens is 306 g/mol. The number of carbonyl (C=O) groups is 1. The topological polar surface area (TPSA) is 300 Å². The van der Waals surface area contributed by atoms with Gasteiger partial charge in [-0.2, -0.15) is 0 Å². The quantitative estimate of drug-likeness (QED) is 0.172. The summed E-state index contributed by atoms with van der Waals surface area (Å²) < 4.78 is 38.3. The fraction of sp³-hybridized carbons (Fsp3) is 0.500. The molecule has 0 spiro atoms. The minimum Gasteiger partial charge on any atom is -0.865 e. The van der Waals surface area contributed by atoms with Gasteiger partial charge < -0.3 is 52.7 Å². The summed E-state index contributed by atoms with van der Waals surface area (Å²) in [6.45, 7) is -0.699. The third-order valence-electron chi connectivity index (χ3n) is 1.46. The summed E-state index contributed by atoms with van der Waals surface area (Å²) >= 11 is 0. The van der Waals surface area contributed by atoms with E-state index in [1.54, 1.807) is 0 Å². The third kappa shape index (κ3) is 9.42. The van der Waals surface area contributed by atoms with Crippen molar-refractivity contribution >= 4 is 16.4 Å². The van der Waals surface area contributed by atoms with Gasteiger partial charge >= 0.3 is 5.97 Å². The van der Waals surface area contributed by atoms with Crippen molar-refractivity contribution in [2.45, 2.75) is 12.2 Å². The van der Waals surface area contributed by atoms with Crippen LogP contribution in [0.2, 0.25) is 0 Å². The molecule has 124 valence electrons. The molecule has 20 heavy (non-hydrogen) atoms.